The molecule has 1 heterocycles. The number of methoxy groups -OCH3 is 1. The van der Waals surface area contributed by atoms with Crippen LogP contribution in [0.3, 0.4) is 0 Å². The monoisotopic (exact) mass is 463 g/mol. The van der Waals surface area contributed by atoms with Gasteiger partial charge in [0.25, 0.3) is 5.91 Å². The van der Waals surface area contributed by atoms with Gasteiger partial charge in [0, 0.05) is 23.4 Å². The normalized spacial score (nSPS) is 19.6. The highest BCUT2D eigenvalue weighted by Crippen LogP contribution is 2.42. The van der Waals surface area contributed by atoms with Gasteiger partial charge in [-0.2, -0.15) is 0 Å². The van der Waals surface area contributed by atoms with Gasteiger partial charge in [-0.3, -0.25) is 14.4 Å². The molecular formula is C26H29N3O5. The van der Waals surface area contributed by atoms with Crippen LogP contribution in [-0.4, -0.2) is 48.4 Å². The second-order valence-corrected chi connectivity index (χ2v) is 9.09. The van der Waals surface area contributed by atoms with E-state index in [9.17, 15) is 14.4 Å². The number of hydrogen-bond donors (Lipinski definition) is 2. The second-order valence-electron chi connectivity index (χ2n) is 9.09. The third kappa shape index (κ3) is 4.44. The summed E-state index contributed by atoms with van der Waals surface area (Å²) in [5.74, 6) is 0.386. The molecule has 1 unspecified atom stereocenters. The zero-order valence-corrected chi connectivity index (χ0v) is 19.2. The maximum Gasteiger partial charge on any atom is 0.255 e. The Hall–Kier alpha value is -3.55. The molecule has 1 aliphatic heterocycles. The predicted molar refractivity (Wildman–Crippen MR) is 126 cm³/mol. The molecule has 8 heteroatoms. The summed E-state index contributed by atoms with van der Waals surface area (Å²) in [5, 5.41) is 5.52. The van der Waals surface area contributed by atoms with E-state index in [4.69, 9.17) is 9.47 Å². The number of anilines is 1. The van der Waals surface area contributed by atoms with Crippen molar-refractivity contribution >= 4 is 23.4 Å². The Morgan fingerprint density at radius 1 is 1.03 bits per heavy atom. The number of fused-ring (bicyclic) bond motifs is 1. The molecule has 2 aliphatic carbocycles. The molecule has 2 N–H and O–H groups in total. The fourth-order valence-electron chi connectivity index (χ4n) is 4.83. The van der Waals surface area contributed by atoms with E-state index in [-0.39, 0.29) is 36.4 Å². The first kappa shape index (κ1) is 22.3. The van der Waals surface area contributed by atoms with Gasteiger partial charge in [0.1, 0.15) is 6.04 Å². The Kier molecular flexibility index (Phi) is 6.13. The molecule has 1 atom stereocenters. The van der Waals surface area contributed by atoms with Crippen LogP contribution in [0.25, 0.3) is 0 Å². The summed E-state index contributed by atoms with van der Waals surface area (Å²) in [5.41, 5.74) is 1.82. The fourth-order valence-corrected chi connectivity index (χ4v) is 4.83. The van der Waals surface area contributed by atoms with E-state index in [1.54, 1.807) is 42.3 Å². The van der Waals surface area contributed by atoms with Crippen LogP contribution in [0.5, 0.6) is 11.5 Å². The Morgan fingerprint density at radius 2 is 1.79 bits per heavy atom. The van der Waals surface area contributed by atoms with Gasteiger partial charge < -0.3 is 25.0 Å². The first-order valence-electron chi connectivity index (χ1n) is 11.9. The standard InChI is InChI=1S/C26H29N3O5/c1-33-21-13-10-16(14-22(21)34-18-6-2-3-7-18)28-23(30)15-27-25(31)24-19-8-4-5-9-20(19)26(32)29(24)17-11-12-17/h4-5,8-10,13-14,17-18,24H,2-3,6-7,11-12,15H2,1H3,(H,27,31)(H,28,30). The molecule has 2 aromatic carbocycles. The third-order valence-corrected chi connectivity index (χ3v) is 6.65. The second kappa shape index (κ2) is 9.37. The van der Waals surface area contributed by atoms with Crippen molar-refractivity contribution in [2.75, 3.05) is 19.0 Å². The van der Waals surface area contributed by atoms with Crippen molar-refractivity contribution < 1.29 is 23.9 Å². The van der Waals surface area contributed by atoms with Crippen molar-refractivity contribution in [3.05, 3.63) is 53.6 Å². The van der Waals surface area contributed by atoms with Crippen molar-refractivity contribution in [3.63, 3.8) is 0 Å². The lowest BCUT2D eigenvalue weighted by Gasteiger charge is -2.24. The van der Waals surface area contributed by atoms with Crippen LogP contribution in [0.15, 0.2) is 42.5 Å². The maximum absolute atomic E-state index is 13.1. The molecule has 2 aromatic rings. The summed E-state index contributed by atoms with van der Waals surface area (Å²) in [6, 6.07) is 11.8. The first-order chi connectivity index (χ1) is 16.5. The molecule has 2 fully saturated rings. The van der Waals surface area contributed by atoms with Gasteiger partial charge in [-0.25, -0.2) is 0 Å². The quantitative estimate of drug-likeness (QED) is 0.625. The van der Waals surface area contributed by atoms with E-state index in [2.05, 4.69) is 10.6 Å². The van der Waals surface area contributed by atoms with Crippen molar-refractivity contribution in [2.24, 2.45) is 0 Å². The van der Waals surface area contributed by atoms with Gasteiger partial charge in [-0.15, -0.1) is 0 Å². The highest BCUT2D eigenvalue weighted by atomic mass is 16.5. The summed E-state index contributed by atoms with van der Waals surface area (Å²) < 4.78 is 11.5. The summed E-state index contributed by atoms with van der Waals surface area (Å²) in [6.07, 6.45) is 6.27. The van der Waals surface area contributed by atoms with Crippen LogP contribution in [-0.2, 0) is 9.59 Å². The van der Waals surface area contributed by atoms with Crippen molar-refractivity contribution in [2.45, 2.75) is 56.7 Å². The molecule has 0 radical (unpaired) electrons. The number of nitrogens with zero attached hydrogens (tertiary/aromatic N) is 1. The number of nitrogens with one attached hydrogen (secondary N) is 2. The SMILES string of the molecule is COc1ccc(NC(=O)CNC(=O)C2c3ccccc3C(=O)N2C2CC2)cc1OC1CCCC1. The molecule has 3 amide bonds. The van der Waals surface area contributed by atoms with Crippen LogP contribution >= 0.6 is 0 Å². The van der Waals surface area contributed by atoms with E-state index in [0.717, 1.165) is 38.5 Å². The number of carbonyl (C=O) groups excluding carboxylic acids is 3. The minimum Gasteiger partial charge on any atom is -0.493 e. The molecule has 2 saturated carbocycles. The van der Waals surface area contributed by atoms with Gasteiger partial charge in [-0.05, 0) is 62.3 Å². The number of benzene rings is 2. The van der Waals surface area contributed by atoms with Crippen molar-refractivity contribution in [1.82, 2.24) is 10.2 Å². The Bertz CT molecular complexity index is 1110. The Labute approximate surface area is 198 Å². The zero-order chi connectivity index (χ0) is 23.7. The molecule has 0 aromatic heterocycles. The van der Waals surface area contributed by atoms with E-state index >= 15 is 0 Å². The van der Waals surface area contributed by atoms with Gasteiger partial charge in [0.2, 0.25) is 11.8 Å². The molecule has 0 bridgehead atoms. The molecular weight excluding hydrogens is 434 g/mol. The highest BCUT2D eigenvalue weighted by molar-refractivity contribution is 6.05. The number of hydrogen-bond acceptors (Lipinski definition) is 5. The Morgan fingerprint density at radius 3 is 2.53 bits per heavy atom. The number of amides is 3. The van der Waals surface area contributed by atoms with E-state index < -0.39 is 6.04 Å². The fraction of sp³-hybridized carbons (Fsp3) is 0.423. The van der Waals surface area contributed by atoms with E-state index in [1.165, 1.54) is 0 Å². The number of rotatable bonds is 8. The summed E-state index contributed by atoms with van der Waals surface area (Å²) in [7, 11) is 1.58. The van der Waals surface area contributed by atoms with Gasteiger partial charge in [-0.1, -0.05) is 18.2 Å². The van der Waals surface area contributed by atoms with Crippen LogP contribution in [0.1, 0.15) is 60.5 Å². The Balaban J connectivity index is 1.22. The van der Waals surface area contributed by atoms with Crippen molar-refractivity contribution in [3.8, 4) is 11.5 Å². The van der Waals surface area contributed by atoms with Crippen molar-refractivity contribution in [1.29, 1.82) is 0 Å². The summed E-state index contributed by atoms with van der Waals surface area (Å²) in [4.78, 5) is 40.1. The van der Waals surface area contributed by atoms with E-state index in [0.29, 0.717) is 28.3 Å². The minimum atomic E-state index is -0.698. The molecule has 0 spiro atoms. The van der Waals surface area contributed by atoms with E-state index in [1.807, 2.05) is 12.1 Å². The van der Waals surface area contributed by atoms with Gasteiger partial charge in [0.15, 0.2) is 11.5 Å². The minimum absolute atomic E-state index is 0.0852. The average Bonchev–Trinajstić information content (AvgIpc) is 3.47. The molecule has 3 aliphatic rings. The largest absolute Gasteiger partial charge is 0.493 e. The maximum atomic E-state index is 13.1. The van der Waals surface area contributed by atoms with Gasteiger partial charge in [0.05, 0.1) is 19.8 Å². The number of carbonyl (C=O) groups is 3. The zero-order valence-electron chi connectivity index (χ0n) is 19.2. The topological polar surface area (TPSA) is 97.0 Å². The van der Waals surface area contributed by atoms with Crippen LogP contribution in [0.4, 0.5) is 5.69 Å². The third-order valence-electron chi connectivity index (χ3n) is 6.65. The summed E-state index contributed by atoms with van der Waals surface area (Å²) in [6.45, 7) is -0.199. The highest BCUT2D eigenvalue weighted by Gasteiger charge is 2.47. The molecule has 8 nitrogen and oxygen atoms in total. The molecule has 34 heavy (non-hydrogen) atoms. The lowest BCUT2D eigenvalue weighted by molar-refractivity contribution is -0.127. The summed E-state index contributed by atoms with van der Waals surface area (Å²) >= 11 is 0. The van der Waals surface area contributed by atoms with Crippen LogP contribution in [0, 0.1) is 0 Å². The predicted octanol–water partition coefficient (Wildman–Crippen LogP) is 3.43. The van der Waals surface area contributed by atoms with Crippen LogP contribution < -0.4 is 20.1 Å². The number of ether oxygens (including phenoxy) is 2. The van der Waals surface area contributed by atoms with Gasteiger partial charge >= 0.3 is 0 Å². The lowest BCUT2D eigenvalue weighted by Crippen LogP contribution is -2.42. The lowest BCUT2D eigenvalue weighted by atomic mass is 10.0. The van der Waals surface area contributed by atoms with Crippen LogP contribution in [0.2, 0.25) is 0 Å². The molecule has 5 rings (SSSR count). The molecule has 178 valence electrons. The average molecular weight is 464 g/mol. The smallest absolute Gasteiger partial charge is 0.255 e. The first-order valence-corrected chi connectivity index (χ1v) is 11.9. The molecule has 0 saturated heterocycles.